The Kier molecular flexibility index (Phi) is 6.59. The second kappa shape index (κ2) is 9.94. The molecule has 34 heavy (non-hydrogen) atoms. The molecule has 0 spiro atoms. The van der Waals surface area contributed by atoms with Crippen molar-refractivity contribution in [2.75, 3.05) is 20.2 Å². The number of rotatable bonds is 8. The molecule has 3 heteroatoms. The van der Waals surface area contributed by atoms with E-state index in [9.17, 15) is 5.11 Å². The molecule has 1 N–H and O–H groups in total. The van der Waals surface area contributed by atoms with E-state index in [1.807, 2.05) is 60.7 Å². The van der Waals surface area contributed by atoms with Crippen molar-refractivity contribution in [2.24, 2.45) is 5.92 Å². The van der Waals surface area contributed by atoms with Crippen LogP contribution in [-0.2, 0) is 10.3 Å². The summed E-state index contributed by atoms with van der Waals surface area (Å²) in [5, 5.41) is 11.4. The zero-order valence-electron chi connectivity index (χ0n) is 19.5. The van der Waals surface area contributed by atoms with E-state index in [0.717, 1.165) is 23.2 Å². The quantitative estimate of drug-likeness (QED) is 0.352. The van der Waals surface area contributed by atoms with Gasteiger partial charge in [0.1, 0.15) is 5.60 Å². The first-order valence-electron chi connectivity index (χ1n) is 11.9. The Balaban J connectivity index is 1.49. The summed E-state index contributed by atoms with van der Waals surface area (Å²) in [6.45, 7) is 1.08. The van der Waals surface area contributed by atoms with E-state index in [2.05, 4.69) is 72.6 Å². The number of benzene rings is 4. The predicted octanol–water partition coefficient (Wildman–Crippen LogP) is 5.66. The fourth-order valence-electron chi connectivity index (χ4n) is 5.32. The molecule has 4 aromatic rings. The maximum absolute atomic E-state index is 11.4. The van der Waals surface area contributed by atoms with Gasteiger partial charge in [0, 0.05) is 18.5 Å². The van der Waals surface area contributed by atoms with E-state index in [0.29, 0.717) is 0 Å². The monoisotopic (exact) mass is 449 g/mol. The standard InChI is InChI=1S/C31H31NO2/c1-32-22-28(30(32)24-14-6-2-7-15-24)29(33)23-34-31(25-16-8-3-9-17-25,26-18-10-4-11-19-26)27-20-12-5-13-21-27/h2-21,28-30,33H,22-23H2,1H3/t28-,29?,30-/m0/s1. The van der Waals surface area contributed by atoms with Crippen LogP contribution in [0.5, 0.6) is 0 Å². The van der Waals surface area contributed by atoms with Gasteiger partial charge >= 0.3 is 0 Å². The molecule has 3 atom stereocenters. The van der Waals surface area contributed by atoms with Crippen LogP contribution in [-0.4, -0.2) is 36.3 Å². The molecule has 1 aliphatic heterocycles. The lowest BCUT2D eigenvalue weighted by Gasteiger charge is -2.49. The topological polar surface area (TPSA) is 32.7 Å². The zero-order valence-corrected chi connectivity index (χ0v) is 19.5. The van der Waals surface area contributed by atoms with Crippen molar-refractivity contribution >= 4 is 0 Å². The molecule has 1 saturated heterocycles. The summed E-state index contributed by atoms with van der Waals surface area (Å²) < 4.78 is 6.86. The lowest BCUT2D eigenvalue weighted by molar-refractivity contribution is -0.105. The van der Waals surface area contributed by atoms with E-state index in [1.54, 1.807) is 0 Å². The molecule has 5 rings (SSSR count). The van der Waals surface area contributed by atoms with Gasteiger partial charge in [0.05, 0.1) is 12.7 Å². The van der Waals surface area contributed by atoms with Crippen molar-refractivity contribution in [3.63, 3.8) is 0 Å². The Hall–Kier alpha value is -3.24. The summed E-state index contributed by atoms with van der Waals surface area (Å²) in [5.41, 5.74) is 3.56. The van der Waals surface area contributed by atoms with Crippen molar-refractivity contribution in [2.45, 2.75) is 17.7 Å². The average Bonchev–Trinajstić information content (AvgIpc) is 2.90. The maximum Gasteiger partial charge on any atom is 0.143 e. The average molecular weight is 450 g/mol. The highest BCUT2D eigenvalue weighted by Crippen LogP contribution is 2.43. The molecule has 0 saturated carbocycles. The number of aliphatic hydroxyl groups excluding tert-OH is 1. The zero-order chi connectivity index (χ0) is 23.4. The van der Waals surface area contributed by atoms with Crippen molar-refractivity contribution in [3.05, 3.63) is 144 Å². The second-order valence-corrected chi connectivity index (χ2v) is 9.12. The molecule has 1 heterocycles. The highest BCUT2D eigenvalue weighted by Gasteiger charge is 2.44. The highest BCUT2D eigenvalue weighted by molar-refractivity contribution is 5.47. The third-order valence-electron chi connectivity index (χ3n) is 7.03. The third-order valence-corrected chi connectivity index (χ3v) is 7.03. The number of likely N-dealkylation sites (tertiary alicyclic amines) is 1. The third kappa shape index (κ3) is 4.19. The molecule has 0 bridgehead atoms. The van der Waals surface area contributed by atoms with Gasteiger partial charge in [0.2, 0.25) is 0 Å². The van der Waals surface area contributed by atoms with Gasteiger partial charge in [-0.3, -0.25) is 4.90 Å². The van der Waals surface area contributed by atoms with Crippen LogP contribution in [0.25, 0.3) is 0 Å². The Morgan fingerprint density at radius 2 is 1.15 bits per heavy atom. The van der Waals surface area contributed by atoms with Crippen LogP contribution in [0.1, 0.15) is 28.3 Å². The smallest absolute Gasteiger partial charge is 0.143 e. The molecule has 0 aliphatic carbocycles. The van der Waals surface area contributed by atoms with E-state index >= 15 is 0 Å². The first-order valence-corrected chi connectivity index (χ1v) is 11.9. The number of aliphatic hydroxyl groups is 1. The van der Waals surface area contributed by atoms with Crippen LogP contribution < -0.4 is 0 Å². The molecule has 3 nitrogen and oxygen atoms in total. The van der Waals surface area contributed by atoms with Gasteiger partial charge < -0.3 is 9.84 Å². The summed E-state index contributed by atoms with van der Waals surface area (Å²) in [7, 11) is 2.12. The minimum absolute atomic E-state index is 0.118. The van der Waals surface area contributed by atoms with Crippen LogP contribution in [0.2, 0.25) is 0 Å². The Morgan fingerprint density at radius 1 is 0.735 bits per heavy atom. The lowest BCUT2D eigenvalue weighted by Crippen LogP contribution is -2.54. The number of hydrogen-bond donors (Lipinski definition) is 1. The van der Waals surface area contributed by atoms with Crippen molar-refractivity contribution in [3.8, 4) is 0 Å². The van der Waals surface area contributed by atoms with Gasteiger partial charge in [-0.2, -0.15) is 0 Å². The number of ether oxygens (including phenoxy) is 1. The summed E-state index contributed by atoms with van der Waals surface area (Å²) in [5.74, 6) is 0.118. The van der Waals surface area contributed by atoms with Gasteiger partial charge in [0.25, 0.3) is 0 Å². The van der Waals surface area contributed by atoms with Crippen LogP contribution in [0.4, 0.5) is 0 Å². The van der Waals surface area contributed by atoms with Gasteiger partial charge in [-0.15, -0.1) is 0 Å². The van der Waals surface area contributed by atoms with Gasteiger partial charge in [-0.1, -0.05) is 121 Å². The van der Waals surface area contributed by atoms with Crippen molar-refractivity contribution < 1.29 is 9.84 Å². The summed E-state index contributed by atoms with van der Waals surface area (Å²) >= 11 is 0. The molecule has 1 unspecified atom stereocenters. The number of hydrogen-bond acceptors (Lipinski definition) is 3. The maximum atomic E-state index is 11.4. The molecule has 1 fully saturated rings. The van der Waals surface area contributed by atoms with Crippen LogP contribution in [0.3, 0.4) is 0 Å². The van der Waals surface area contributed by atoms with Crippen LogP contribution >= 0.6 is 0 Å². The summed E-state index contributed by atoms with van der Waals surface area (Å²) in [6, 6.07) is 41.6. The van der Waals surface area contributed by atoms with Gasteiger partial charge in [-0.25, -0.2) is 0 Å². The Morgan fingerprint density at radius 3 is 1.56 bits per heavy atom. The first-order chi connectivity index (χ1) is 16.7. The highest BCUT2D eigenvalue weighted by atomic mass is 16.5. The fraction of sp³-hybridized carbons (Fsp3) is 0.226. The SMILES string of the molecule is CN1C[C@@H](C(O)COC(c2ccccc2)(c2ccccc2)c2ccccc2)[C@@H]1c1ccccc1. The predicted molar refractivity (Wildman–Crippen MR) is 136 cm³/mol. The first kappa shape index (κ1) is 22.5. The Labute approximate surface area is 202 Å². The molecule has 0 amide bonds. The molecule has 0 radical (unpaired) electrons. The van der Waals surface area contributed by atoms with Crippen molar-refractivity contribution in [1.29, 1.82) is 0 Å². The van der Waals surface area contributed by atoms with Crippen molar-refractivity contribution in [1.82, 2.24) is 4.90 Å². The minimum Gasteiger partial charge on any atom is -0.390 e. The summed E-state index contributed by atoms with van der Waals surface area (Å²) in [4.78, 5) is 2.29. The molecular formula is C31H31NO2. The molecule has 0 aromatic heterocycles. The fourth-order valence-corrected chi connectivity index (χ4v) is 5.32. The van der Waals surface area contributed by atoms with Crippen LogP contribution in [0.15, 0.2) is 121 Å². The van der Waals surface area contributed by atoms with E-state index in [-0.39, 0.29) is 18.6 Å². The Bertz CT molecular complexity index is 1070. The molecule has 4 aromatic carbocycles. The summed E-state index contributed by atoms with van der Waals surface area (Å²) in [6.07, 6.45) is -0.586. The molecule has 1 aliphatic rings. The largest absolute Gasteiger partial charge is 0.390 e. The van der Waals surface area contributed by atoms with E-state index in [4.69, 9.17) is 4.74 Å². The van der Waals surface area contributed by atoms with E-state index < -0.39 is 11.7 Å². The number of nitrogens with zero attached hydrogens (tertiary/aromatic N) is 1. The van der Waals surface area contributed by atoms with Crippen LogP contribution in [0, 0.1) is 5.92 Å². The van der Waals surface area contributed by atoms with E-state index in [1.165, 1.54) is 5.56 Å². The van der Waals surface area contributed by atoms with Gasteiger partial charge in [-0.05, 0) is 29.3 Å². The normalized spacial score (nSPS) is 19.4. The van der Waals surface area contributed by atoms with Gasteiger partial charge in [0.15, 0.2) is 0 Å². The molecular weight excluding hydrogens is 418 g/mol. The second-order valence-electron chi connectivity index (χ2n) is 9.12. The minimum atomic E-state index is -0.817. The molecule has 172 valence electrons. The lowest BCUT2D eigenvalue weighted by atomic mass is 9.79.